The van der Waals surface area contributed by atoms with Gasteiger partial charge in [-0.1, -0.05) is 6.07 Å². The number of nitrogens with one attached hydrogen (secondary N) is 2. The van der Waals surface area contributed by atoms with Crippen LogP contribution in [0, 0.1) is 16.1 Å². The third-order valence-corrected chi connectivity index (χ3v) is 1.88. The number of aldehydes is 1. The number of nitrogens with zero attached hydrogens (tertiary/aromatic N) is 2. The number of carbonyl (C=O) groups excluding carboxylic acids is 1. The highest BCUT2D eigenvalue weighted by atomic mass is 19.1. The number of aromatic nitrogens is 1. The second kappa shape index (κ2) is 6.94. The van der Waals surface area contributed by atoms with Gasteiger partial charge in [0, 0.05) is 12.7 Å². The van der Waals surface area contributed by atoms with Gasteiger partial charge in [0.1, 0.15) is 6.29 Å². The van der Waals surface area contributed by atoms with Crippen molar-refractivity contribution in [2.24, 2.45) is 0 Å². The minimum atomic E-state index is -0.650. The van der Waals surface area contributed by atoms with E-state index in [0.29, 0.717) is 18.0 Å². The number of nitro groups is 1. The Morgan fingerprint density at radius 1 is 1.50 bits per heavy atom. The molecule has 8 heteroatoms. The molecule has 2 N–H and O–H groups in total. The number of halogens is 1. The predicted octanol–water partition coefficient (Wildman–Crippen LogP) is 0.174. The van der Waals surface area contributed by atoms with Crippen LogP contribution >= 0.6 is 0 Å². The molecule has 0 aromatic carbocycles. The van der Waals surface area contributed by atoms with Gasteiger partial charge in [0.05, 0.1) is 11.5 Å². The van der Waals surface area contributed by atoms with Crippen molar-refractivity contribution in [3.8, 4) is 0 Å². The smallest absolute Gasteiger partial charge is 0.274 e. The summed E-state index contributed by atoms with van der Waals surface area (Å²) in [5.41, 5.74) is 0.651. The van der Waals surface area contributed by atoms with Gasteiger partial charge in [-0.05, 0) is 11.6 Å². The summed E-state index contributed by atoms with van der Waals surface area (Å²) in [6, 6.07) is 2.69. The van der Waals surface area contributed by atoms with Crippen molar-refractivity contribution >= 4 is 6.29 Å². The summed E-state index contributed by atoms with van der Waals surface area (Å²) in [5.74, 6) is -0.504. The predicted molar refractivity (Wildman–Crippen MR) is 60.2 cm³/mol. The SMILES string of the molecule is O=CCN/C(=C\[N+](=O)[O-])NCc1ccc(F)nc1. The van der Waals surface area contributed by atoms with Gasteiger partial charge in [0.25, 0.3) is 6.20 Å². The van der Waals surface area contributed by atoms with E-state index in [1.807, 2.05) is 0 Å². The fourth-order valence-electron chi connectivity index (χ4n) is 1.12. The van der Waals surface area contributed by atoms with E-state index >= 15 is 0 Å². The van der Waals surface area contributed by atoms with E-state index in [2.05, 4.69) is 15.6 Å². The second-order valence-electron chi connectivity index (χ2n) is 3.22. The van der Waals surface area contributed by atoms with Crippen LogP contribution in [-0.2, 0) is 11.3 Å². The summed E-state index contributed by atoms with van der Waals surface area (Å²) in [7, 11) is 0. The average Bonchev–Trinajstić information content (AvgIpc) is 2.34. The number of hydrogen-bond donors (Lipinski definition) is 2. The normalized spacial score (nSPS) is 10.8. The summed E-state index contributed by atoms with van der Waals surface area (Å²) in [5, 5.41) is 15.6. The molecule has 1 aromatic rings. The van der Waals surface area contributed by atoms with Crippen LogP contribution in [0.3, 0.4) is 0 Å². The van der Waals surface area contributed by atoms with Gasteiger partial charge in [-0.25, -0.2) is 4.98 Å². The zero-order valence-corrected chi connectivity index (χ0v) is 9.30. The molecule has 0 amide bonds. The van der Waals surface area contributed by atoms with Crippen LogP contribution in [0.2, 0.25) is 0 Å². The minimum Gasteiger partial charge on any atom is -0.363 e. The first kappa shape index (κ1) is 13.6. The number of hydrogen-bond acceptors (Lipinski definition) is 6. The van der Waals surface area contributed by atoms with E-state index in [-0.39, 0.29) is 18.9 Å². The van der Waals surface area contributed by atoms with Crippen LogP contribution in [0.15, 0.2) is 30.4 Å². The molecule has 96 valence electrons. The molecule has 0 unspecified atom stereocenters. The maximum Gasteiger partial charge on any atom is 0.274 e. The lowest BCUT2D eigenvalue weighted by Gasteiger charge is -2.08. The molecule has 0 aliphatic carbocycles. The highest BCUT2D eigenvalue weighted by Crippen LogP contribution is 1.99. The second-order valence-corrected chi connectivity index (χ2v) is 3.22. The molecule has 7 nitrogen and oxygen atoms in total. The van der Waals surface area contributed by atoms with E-state index in [4.69, 9.17) is 0 Å². The summed E-state index contributed by atoms with van der Waals surface area (Å²) in [6.45, 7) is 0.174. The Bertz CT molecular complexity index is 447. The molecule has 1 aromatic heterocycles. The first-order valence-electron chi connectivity index (χ1n) is 4.99. The molecular formula is C10H11FN4O3. The molecule has 0 saturated heterocycles. The quantitative estimate of drug-likeness (QED) is 0.311. The Labute approximate surface area is 102 Å². The van der Waals surface area contributed by atoms with Crippen LogP contribution in [0.5, 0.6) is 0 Å². The van der Waals surface area contributed by atoms with Crippen LogP contribution in [0.1, 0.15) is 5.56 Å². The molecule has 0 aliphatic rings. The van der Waals surface area contributed by atoms with E-state index in [1.165, 1.54) is 18.3 Å². The number of carbonyl (C=O) groups is 1. The Kier molecular flexibility index (Phi) is 5.23. The molecule has 1 heterocycles. The highest BCUT2D eigenvalue weighted by Gasteiger charge is 2.02. The molecule has 18 heavy (non-hydrogen) atoms. The van der Waals surface area contributed by atoms with Gasteiger partial charge in [-0.3, -0.25) is 10.1 Å². The van der Waals surface area contributed by atoms with Gasteiger partial charge in [-0.15, -0.1) is 0 Å². The van der Waals surface area contributed by atoms with E-state index < -0.39 is 10.9 Å². The summed E-state index contributed by atoms with van der Waals surface area (Å²) in [4.78, 5) is 23.3. The van der Waals surface area contributed by atoms with Crippen molar-refractivity contribution in [3.63, 3.8) is 0 Å². The largest absolute Gasteiger partial charge is 0.363 e. The Balaban J connectivity index is 2.58. The van der Waals surface area contributed by atoms with Gasteiger partial charge < -0.3 is 15.4 Å². The first-order chi connectivity index (χ1) is 8.61. The maximum absolute atomic E-state index is 12.5. The van der Waals surface area contributed by atoms with Crippen molar-refractivity contribution in [3.05, 3.63) is 52.0 Å². The number of pyridine rings is 1. The van der Waals surface area contributed by atoms with Crippen molar-refractivity contribution in [1.82, 2.24) is 15.6 Å². The molecule has 0 radical (unpaired) electrons. The molecule has 0 fully saturated rings. The lowest BCUT2D eigenvalue weighted by Crippen LogP contribution is -2.28. The fourth-order valence-corrected chi connectivity index (χ4v) is 1.12. The van der Waals surface area contributed by atoms with Crippen molar-refractivity contribution < 1.29 is 14.1 Å². The third-order valence-electron chi connectivity index (χ3n) is 1.88. The summed E-state index contributed by atoms with van der Waals surface area (Å²) >= 11 is 0. The monoisotopic (exact) mass is 254 g/mol. The maximum atomic E-state index is 12.5. The zero-order valence-electron chi connectivity index (χ0n) is 9.30. The van der Waals surface area contributed by atoms with Gasteiger partial charge in [0.2, 0.25) is 5.95 Å². The van der Waals surface area contributed by atoms with Crippen molar-refractivity contribution in [1.29, 1.82) is 0 Å². The van der Waals surface area contributed by atoms with Crippen LogP contribution < -0.4 is 10.6 Å². The summed E-state index contributed by atoms with van der Waals surface area (Å²) in [6.07, 6.45) is 2.60. The topological polar surface area (TPSA) is 97.2 Å². The van der Waals surface area contributed by atoms with Gasteiger partial charge >= 0.3 is 0 Å². The molecule has 0 saturated carbocycles. The molecule has 1 rings (SSSR count). The summed E-state index contributed by atoms with van der Waals surface area (Å²) < 4.78 is 12.5. The number of rotatable bonds is 7. The first-order valence-corrected chi connectivity index (χ1v) is 4.99. The van der Waals surface area contributed by atoms with Crippen molar-refractivity contribution in [2.75, 3.05) is 6.54 Å². The Morgan fingerprint density at radius 3 is 2.83 bits per heavy atom. The highest BCUT2D eigenvalue weighted by molar-refractivity contribution is 5.52. The Morgan fingerprint density at radius 2 is 2.28 bits per heavy atom. The molecule has 0 aliphatic heterocycles. The zero-order chi connectivity index (χ0) is 13.4. The van der Waals surface area contributed by atoms with Crippen molar-refractivity contribution in [2.45, 2.75) is 6.54 Å². The molecule has 0 atom stereocenters. The van der Waals surface area contributed by atoms with Gasteiger partial charge in [-0.2, -0.15) is 4.39 Å². The molecule has 0 bridgehead atoms. The third kappa shape index (κ3) is 5.01. The average molecular weight is 254 g/mol. The lowest BCUT2D eigenvalue weighted by atomic mass is 10.3. The van der Waals surface area contributed by atoms with Gasteiger partial charge in [0.15, 0.2) is 5.82 Å². The standard InChI is InChI=1S/C10H11FN4O3/c11-9-2-1-8(5-13-9)6-14-10(7-15(17)18)12-3-4-16/h1-2,4-5,7,12,14H,3,6H2/b10-7+. The van der Waals surface area contributed by atoms with E-state index in [1.54, 1.807) is 0 Å². The fraction of sp³-hybridized carbons (Fsp3) is 0.200. The Hall–Kier alpha value is -2.51. The van der Waals surface area contributed by atoms with Crippen LogP contribution in [0.25, 0.3) is 0 Å². The minimum absolute atomic E-state index is 0.0473. The molecular weight excluding hydrogens is 243 g/mol. The van der Waals surface area contributed by atoms with Crippen LogP contribution in [0.4, 0.5) is 4.39 Å². The van der Waals surface area contributed by atoms with Crippen LogP contribution in [-0.4, -0.2) is 22.7 Å². The van der Waals surface area contributed by atoms with E-state index in [9.17, 15) is 19.3 Å². The molecule has 0 spiro atoms. The van der Waals surface area contributed by atoms with E-state index in [0.717, 1.165) is 0 Å². The lowest BCUT2D eigenvalue weighted by molar-refractivity contribution is -0.404.